The highest BCUT2D eigenvalue weighted by Gasteiger charge is 2.34. The number of benzene rings is 1. The predicted octanol–water partition coefficient (Wildman–Crippen LogP) is 1.63. The van der Waals surface area contributed by atoms with Gasteiger partial charge in [-0.3, -0.25) is 14.5 Å². The van der Waals surface area contributed by atoms with Crippen molar-refractivity contribution in [2.24, 2.45) is 0 Å². The van der Waals surface area contributed by atoms with Crippen LogP contribution in [0.1, 0.15) is 30.1 Å². The van der Waals surface area contributed by atoms with Gasteiger partial charge in [0.2, 0.25) is 0 Å². The highest BCUT2D eigenvalue weighted by Crippen LogP contribution is 2.26. The summed E-state index contributed by atoms with van der Waals surface area (Å²) >= 11 is 0. The molecule has 5 nitrogen and oxygen atoms in total. The van der Waals surface area contributed by atoms with E-state index in [1.807, 2.05) is 11.8 Å². The first-order valence-electron chi connectivity index (χ1n) is 7.11. The van der Waals surface area contributed by atoms with Crippen LogP contribution in [0.4, 0.5) is 8.78 Å². The Balaban J connectivity index is 1.86. The molecule has 0 saturated heterocycles. The number of likely N-dealkylation sites (N-methyl/N-ethyl adjacent to an activating group) is 1. The Morgan fingerprint density at radius 1 is 1.27 bits per heavy atom. The second-order valence-corrected chi connectivity index (χ2v) is 5.41. The van der Waals surface area contributed by atoms with E-state index in [1.54, 1.807) is 0 Å². The number of carbonyl (C=O) groups is 2. The van der Waals surface area contributed by atoms with Crippen molar-refractivity contribution in [1.29, 1.82) is 0 Å². The van der Waals surface area contributed by atoms with Gasteiger partial charge < -0.3 is 10.4 Å². The van der Waals surface area contributed by atoms with Crippen LogP contribution >= 0.6 is 0 Å². The topological polar surface area (TPSA) is 69.6 Å². The Labute approximate surface area is 126 Å². The summed E-state index contributed by atoms with van der Waals surface area (Å²) in [6.45, 7) is 2.47. The van der Waals surface area contributed by atoms with Crippen LogP contribution in [0, 0.1) is 11.6 Å². The van der Waals surface area contributed by atoms with E-state index in [9.17, 15) is 18.4 Å². The Morgan fingerprint density at radius 2 is 1.86 bits per heavy atom. The van der Waals surface area contributed by atoms with Gasteiger partial charge in [0, 0.05) is 23.7 Å². The summed E-state index contributed by atoms with van der Waals surface area (Å²) in [5.41, 5.74) is -0.0566. The molecule has 0 aromatic heterocycles. The molecular weight excluding hydrogens is 294 g/mol. The first kappa shape index (κ1) is 16.4. The molecule has 0 unspecified atom stereocenters. The van der Waals surface area contributed by atoms with Gasteiger partial charge in [-0.25, -0.2) is 8.78 Å². The van der Waals surface area contributed by atoms with E-state index >= 15 is 0 Å². The van der Waals surface area contributed by atoms with Crippen LogP contribution in [0.2, 0.25) is 0 Å². The molecule has 1 aromatic rings. The number of amides is 1. The van der Waals surface area contributed by atoms with Crippen LogP contribution in [0.3, 0.4) is 0 Å². The van der Waals surface area contributed by atoms with Gasteiger partial charge in [-0.05, 0) is 31.5 Å². The fourth-order valence-corrected chi connectivity index (χ4v) is 2.63. The fourth-order valence-electron chi connectivity index (χ4n) is 2.63. The van der Waals surface area contributed by atoms with E-state index in [0.29, 0.717) is 25.5 Å². The predicted molar refractivity (Wildman–Crippen MR) is 75.5 cm³/mol. The number of nitrogens with zero attached hydrogens (tertiary/aromatic N) is 1. The molecule has 7 heteroatoms. The van der Waals surface area contributed by atoms with E-state index < -0.39 is 23.5 Å². The number of hydrogen-bond donors (Lipinski definition) is 2. The molecule has 1 saturated carbocycles. The van der Waals surface area contributed by atoms with Crippen molar-refractivity contribution in [3.8, 4) is 0 Å². The zero-order valence-corrected chi connectivity index (χ0v) is 12.2. The SMILES string of the molecule is CCN(CC(=O)O)C1CC(NC(=O)c2cc(F)cc(F)c2)C1. The van der Waals surface area contributed by atoms with Gasteiger partial charge in [-0.1, -0.05) is 6.92 Å². The molecule has 0 atom stereocenters. The van der Waals surface area contributed by atoms with Crippen molar-refractivity contribution >= 4 is 11.9 Å². The van der Waals surface area contributed by atoms with Crippen molar-refractivity contribution in [3.05, 3.63) is 35.4 Å². The lowest BCUT2D eigenvalue weighted by atomic mass is 9.85. The quantitative estimate of drug-likeness (QED) is 0.838. The molecule has 0 heterocycles. The maximum atomic E-state index is 13.1. The summed E-state index contributed by atoms with van der Waals surface area (Å²) in [6, 6.07) is 2.68. The van der Waals surface area contributed by atoms with Crippen molar-refractivity contribution in [3.63, 3.8) is 0 Å². The second-order valence-electron chi connectivity index (χ2n) is 5.41. The van der Waals surface area contributed by atoms with Crippen molar-refractivity contribution in [2.45, 2.75) is 31.8 Å². The summed E-state index contributed by atoms with van der Waals surface area (Å²) in [5.74, 6) is -3.00. The van der Waals surface area contributed by atoms with Gasteiger partial charge in [-0.15, -0.1) is 0 Å². The molecule has 120 valence electrons. The minimum Gasteiger partial charge on any atom is -0.480 e. The summed E-state index contributed by atoms with van der Waals surface area (Å²) < 4.78 is 26.1. The zero-order valence-electron chi connectivity index (χ0n) is 12.2. The van der Waals surface area contributed by atoms with Crippen molar-refractivity contribution in [2.75, 3.05) is 13.1 Å². The number of aliphatic carboxylic acids is 1. The molecule has 1 fully saturated rings. The van der Waals surface area contributed by atoms with Crippen LogP contribution < -0.4 is 5.32 Å². The fraction of sp³-hybridized carbons (Fsp3) is 0.467. The monoisotopic (exact) mass is 312 g/mol. The molecule has 0 spiro atoms. The summed E-state index contributed by atoms with van der Waals surface area (Å²) in [5, 5.41) is 11.5. The molecular formula is C15H18F2N2O3. The number of nitrogens with one attached hydrogen (secondary N) is 1. The maximum absolute atomic E-state index is 13.1. The average molecular weight is 312 g/mol. The third kappa shape index (κ3) is 4.00. The molecule has 1 aliphatic rings. The van der Waals surface area contributed by atoms with E-state index in [4.69, 9.17) is 5.11 Å². The number of carbonyl (C=O) groups excluding carboxylic acids is 1. The molecule has 0 radical (unpaired) electrons. The zero-order chi connectivity index (χ0) is 16.3. The van der Waals surface area contributed by atoms with E-state index in [2.05, 4.69) is 5.32 Å². The third-order valence-electron chi connectivity index (χ3n) is 3.83. The van der Waals surface area contributed by atoms with Crippen LogP contribution in [-0.2, 0) is 4.79 Å². The highest BCUT2D eigenvalue weighted by atomic mass is 19.1. The normalized spacial score (nSPS) is 20.5. The number of carboxylic acids is 1. The van der Waals surface area contributed by atoms with E-state index in [0.717, 1.165) is 12.1 Å². The minimum absolute atomic E-state index is 0.0308. The molecule has 0 aliphatic heterocycles. The van der Waals surface area contributed by atoms with Crippen molar-refractivity contribution in [1.82, 2.24) is 10.2 Å². The molecule has 1 aliphatic carbocycles. The van der Waals surface area contributed by atoms with Gasteiger partial charge >= 0.3 is 5.97 Å². The van der Waals surface area contributed by atoms with E-state index in [-0.39, 0.29) is 24.2 Å². The van der Waals surface area contributed by atoms with E-state index in [1.165, 1.54) is 0 Å². The summed E-state index contributed by atoms with van der Waals surface area (Å²) in [6.07, 6.45) is 1.26. The highest BCUT2D eigenvalue weighted by molar-refractivity contribution is 5.94. The third-order valence-corrected chi connectivity index (χ3v) is 3.83. The van der Waals surface area contributed by atoms with Crippen LogP contribution in [0.15, 0.2) is 18.2 Å². The first-order valence-corrected chi connectivity index (χ1v) is 7.11. The molecule has 2 N–H and O–H groups in total. The Kier molecular flexibility index (Phi) is 5.07. The van der Waals surface area contributed by atoms with Crippen LogP contribution in [0.25, 0.3) is 0 Å². The lowest BCUT2D eigenvalue weighted by molar-refractivity contribution is -0.139. The molecule has 2 rings (SSSR count). The summed E-state index contributed by atoms with van der Waals surface area (Å²) in [4.78, 5) is 24.5. The van der Waals surface area contributed by atoms with Gasteiger partial charge in [-0.2, -0.15) is 0 Å². The standard InChI is InChI=1S/C15H18F2N2O3/c1-2-19(8-14(20)21)13-6-12(7-13)18-15(22)9-3-10(16)5-11(17)4-9/h3-5,12-13H,2,6-8H2,1H3,(H,18,22)(H,20,21). The minimum atomic E-state index is -0.885. The Hall–Kier alpha value is -2.02. The van der Waals surface area contributed by atoms with Gasteiger partial charge in [0.05, 0.1) is 6.54 Å². The number of halogens is 2. The first-order chi connectivity index (χ1) is 10.4. The van der Waals surface area contributed by atoms with Gasteiger partial charge in [0.25, 0.3) is 5.91 Å². The molecule has 22 heavy (non-hydrogen) atoms. The lowest BCUT2D eigenvalue weighted by Crippen LogP contribution is -2.54. The average Bonchev–Trinajstić information content (AvgIpc) is 2.38. The van der Waals surface area contributed by atoms with Crippen molar-refractivity contribution < 1.29 is 23.5 Å². The number of rotatable bonds is 6. The van der Waals surface area contributed by atoms with Crippen LogP contribution in [-0.4, -0.2) is 47.1 Å². The maximum Gasteiger partial charge on any atom is 0.317 e. The molecule has 0 bridgehead atoms. The second kappa shape index (κ2) is 6.83. The Bertz CT molecular complexity index is 554. The molecule has 1 amide bonds. The smallest absolute Gasteiger partial charge is 0.317 e. The lowest BCUT2D eigenvalue weighted by Gasteiger charge is -2.42. The largest absolute Gasteiger partial charge is 0.480 e. The van der Waals surface area contributed by atoms with Gasteiger partial charge in [0.1, 0.15) is 11.6 Å². The van der Waals surface area contributed by atoms with Gasteiger partial charge in [0.15, 0.2) is 0 Å². The van der Waals surface area contributed by atoms with Crippen LogP contribution in [0.5, 0.6) is 0 Å². The summed E-state index contributed by atoms with van der Waals surface area (Å²) in [7, 11) is 0. The number of hydrogen-bond acceptors (Lipinski definition) is 3. The molecule has 1 aromatic carbocycles. The number of carboxylic acid groups (broad SMARTS) is 1. The Morgan fingerprint density at radius 3 is 2.36 bits per heavy atom.